The number of hydrogen-bond donors (Lipinski definition) is 0. The van der Waals surface area contributed by atoms with Crippen LogP contribution in [-0.4, -0.2) is 35.2 Å². The Hall–Kier alpha value is -2.00. The average Bonchev–Trinajstić information content (AvgIpc) is 2.90. The summed E-state index contributed by atoms with van der Waals surface area (Å²) in [5.41, 5.74) is 6.91. The fourth-order valence-electron chi connectivity index (χ4n) is 5.08. The highest BCUT2D eigenvalue weighted by atomic mass is 15.2. The van der Waals surface area contributed by atoms with Crippen molar-refractivity contribution in [2.75, 3.05) is 13.6 Å². The van der Waals surface area contributed by atoms with Gasteiger partial charge in [0.2, 0.25) is 0 Å². The molecule has 116 valence electrons. The highest BCUT2D eigenvalue weighted by molar-refractivity contribution is 6.07. The maximum absolute atomic E-state index is 5.15. The highest BCUT2D eigenvalue weighted by Gasteiger charge is 2.55. The number of para-hydroxylation sites is 1. The third-order valence-electron chi connectivity index (χ3n) is 6.35. The Kier molecular flexibility index (Phi) is 2.64. The molecule has 0 spiro atoms. The lowest BCUT2D eigenvalue weighted by Gasteiger charge is -2.46. The monoisotopic (exact) mass is 303 g/mol. The number of benzene rings is 1. The van der Waals surface area contributed by atoms with Crippen LogP contribution in [0.3, 0.4) is 0 Å². The van der Waals surface area contributed by atoms with Crippen LogP contribution in [0.2, 0.25) is 0 Å². The number of hydrogen-bond acceptors (Lipinski definition) is 3. The first-order valence-electron chi connectivity index (χ1n) is 8.53. The van der Waals surface area contributed by atoms with Gasteiger partial charge >= 0.3 is 0 Å². The minimum Gasteiger partial charge on any atom is -0.298 e. The molecule has 5 rings (SSSR count). The molecule has 2 bridgehead atoms. The second-order valence-corrected chi connectivity index (χ2v) is 7.23. The number of pyridine rings is 1. The van der Waals surface area contributed by atoms with E-state index in [-0.39, 0.29) is 5.41 Å². The lowest BCUT2D eigenvalue weighted by Crippen LogP contribution is -2.55. The van der Waals surface area contributed by atoms with Crippen molar-refractivity contribution in [2.45, 2.75) is 37.1 Å². The predicted octanol–water partition coefficient (Wildman–Crippen LogP) is 3.47. The van der Waals surface area contributed by atoms with Crippen molar-refractivity contribution in [3.05, 3.63) is 59.4 Å². The van der Waals surface area contributed by atoms with E-state index in [2.05, 4.69) is 60.4 Å². The summed E-state index contributed by atoms with van der Waals surface area (Å²) in [5.74, 6) is 0.423. The first kappa shape index (κ1) is 13.4. The average molecular weight is 303 g/mol. The summed E-state index contributed by atoms with van der Waals surface area (Å²) in [4.78, 5) is 12.1. The number of likely N-dealkylation sites (N-methyl/N-ethyl adjacent to an activating group) is 1. The maximum atomic E-state index is 5.15. The largest absolute Gasteiger partial charge is 0.298 e. The molecule has 1 aromatic carbocycles. The van der Waals surface area contributed by atoms with Gasteiger partial charge in [0.1, 0.15) is 0 Å². The Morgan fingerprint density at radius 1 is 1.22 bits per heavy atom. The van der Waals surface area contributed by atoms with E-state index in [1.807, 2.05) is 6.20 Å². The molecule has 1 aliphatic carbocycles. The van der Waals surface area contributed by atoms with Crippen LogP contribution in [0.4, 0.5) is 5.69 Å². The first-order chi connectivity index (χ1) is 11.2. The molecule has 1 aromatic heterocycles. The number of nitrogens with zero attached hydrogens (tertiary/aromatic N) is 3. The normalized spacial score (nSPS) is 31.7. The molecule has 2 aromatic rings. The maximum Gasteiger partial charge on any atom is 0.0671 e. The molecule has 0 radical (unpaired) electrons. The number of fused-ring (bicyclic) bond motifs is 2. The number of rotatable bonds is 0. The fourth-order valence-corrected chi connectivity index (χ4v) is 5.08. The molecule has 23 heavy (non-hydrogen) atoms. The van der Waals surface area contributed by atoms with Gasteiger partial charge in [0.25, 0.3) is 0 Å². The summed E-state index contributed by atoms with van der Waals surface area (Å²) < 4.78 is 0. The first-order valence-corrected chi connectivity index (χ1v) is 8.53. The molecule has 3 aliphatic rings. The molecular weight excluding hydrogens is 282 g/mol. The van der Waals surface area contributed by atoms with Gasteiger partial charge in [0.15, 0.2) is 0 Å². The van der Waals surface area contributed by atoms with E-state index in [1.165, 1.54) is 28.1 Å². The molecule has 1 fully saturated rings. The Morgan fingerprint density at radius 3 is 3.00 bits per heavy atom. The zero-order valence-corrected chi connectivity index (χ0v) is 13.7. The molecule has 2 aliphatic heterocycles. The minimum atomic E-state index is 0.0576. The molecule has 0 amide bonds. The van der Waals surface area contributed by atoms with Crippen molar-refractivity contribution in [3.8, 4) is 0 Å². The van der Waals surface area contributed by atoms with Gasteiger partial charge in [-0.1, -0.05) is 25.1 Å². The van der Waals surface area contributed by atoms with E-state index in [0.29, 0.717) is 12.0 Å². The Balaban J connectivity index is 1.82. The SMILES string of the molecule is C[C@@H]1c2cnccc2C[C@@H]2C3=Nc4ccccc4[C@]31CCN2C. The van der Waals surface area contributed by atoms with Crippen LogP contribution < -0.4 is 0 Å². The summed E-state index contributed by atoms with van der Waals surface area (Å²) in [7, 11) is 2.25. The van der Waals surface area contributed by atoms with E-state index in [1.54, 1.807) is 0 Å². The number of piperidine rings is 1. The summed E-state index contributed by atoms with van der Waals surface area (Å²) >= 11 is 0. The van der Waals surface area contributed by atoms with E-state index in [9.17, 15) is 0 Å². The molecular formula is C20H21N3. The van der Waals surface area contributed by atoms with Gasteiger partial charge in [0, 0.05) is 23.5 Å². The Morgan fingerprint density at radius 2 is 2.09 bits per heavy atom. The minimum absolute atomic E-state index is 0.0576. The van der Waals surface area contributed by atoms with E-state index >= 15 is 0 Å². The number of aromatic nitrogens is 1. The van der Waals surface area contributed by atoms with Crippen molar-refractivity contribution in [3.63, 3.8) is 0 Å². The number of aliphatic imine (C=N–C) groups is 1. The highest BCUT2D eigenvalue weighted by Crippen LogP contribution is 2.55. The molecule has 3 atom stereocenters. The number of likely N-dealkylation sites (tertiary alicyclic amines) is 1. The van der Waals surface area contributed by atoms with Crippen LogP contribution in [-0.2, 0) is 11.8 Å². The third kappa shape index (κ3) is 1.58. The zero-order chi connectivity index (χ0) is 15.6. The van der Waals surface area contributed by atoms with Crippen LogP contribution >= 0.6 is 0 Å². The van der Waals surface area contributed by atoms with Crippen LogP contribution in [0.5, 0.6) is 0 Å². The molecule has 3 heterocycles. The van der Waals surface area contributed by atoms with Gasteiger partial charge in [-0.2, -0.15) is 0 Å². The lowest BCUT2D eigenvalue weighted by atomic mass is 9.62. The van der Waals surface area contributed by atoms with Gasteiger partial charge in [-0.3, -0.25) is 14.9 Å². The van der Waals surface area contributed by atoms with Crippen molar-refractivity contribution >= 4 is 11.4 Å². The van der Waals surface area contributed by atoms with Crippen molar-refractivity contribution < 1.29 is 0 Å². The summed E-state index contributed by atoms with van der Waals surface area (Å²) in [5, 5.41) is 0. The van der Waals surface area contributed by atoms with Gasteiger partial charge in [0.05, 0.1) is 11.7 Å². The van der Waals surface area contributed by atoms with Crippen molar-refractivity contribution in [1.82, 2.24) is 9.88 Å². The second-order valence-electron chi connectivity index (χ2n) is 7.23. The second kappa shape index (κ2) is 4.51. The molecule has 1 saturated heterocycles. The van der Waals surface area contributed by atoms with E-state index < -0.39 is 0 Å². The molecule has 0 unspecified atom stereocenters. The smallest absolute Gasteiger partial charge is 0.0671 e. The Bertz CT molecular complexity index is 825. The third-order valence-corrected chi connectivity index (χ3v) is 6.35. The van der Waals surface area contributed by atoms with E-state index in [4.69, 9.17) is 4.99 Å². The van der Waals surface area contributed by atoms with Gasteiger partial charge < -0.3 is 0 Å². The van der Waals surface area contributed by atoms with Crippen molar-refractivity contribution in [2.24, 2.45) is 4.99 Å². The molecule has 0 N–H and O–H groups in total. The van der Waals surface area contributed by atoms with Gasteiger partial charge in [-0.15, -0.1) is 0 Å². The quantitative estimate of drug-likeness (QED) is 0.745. The van der Waals surface area contributed by atoms with Gasteiger partial charge in [-0.25, -0.2) is 0 Å². The molecule has 3 heteroatoms. The lowest BCUT2D eigenvalue weighted by molar-refractivity contribution is 0.229. The van der Waals surface area contributed by atoms with Gasteiger partial charge in [-0.05, 0) is 61.2 Å². The van der Waals surface area contributed by atoms with Crippen molar-refractivity contribution in [1.29, 1.82) is 0 Å². The van der Waals surface area contributed by atoms with E-state index in [0.717, 1.165) is 19.4 Å². The Labute approximate surface area is 137 Å². The summed E-state index contributed by atoms with van der Waals surface area (Å²) in [6, 6.07) is 11.4. The van der Waals surface area contributed by atoms with Crippen LogP contribution in [0.15, 0.2) is 47.7 Å². The van der Waals surface area contributed by atoms with Crippen LogP contribution in [0.25, 0.3) is 0 Å². The van der Waals surface area contributed by atoms with Crippen LogP contribution in [0, 0.1) is 0 Å². The standard InChI is InChI=1S/C20H21N3/c1-13-15-12-21-9-7-14(15)11-18-19-20(13,8-10-23(18)2)16-5-3-4-6-17(16)22-19/h3-7,9,12-13,18H,8,10-11H2,1-2H3/t13-,18-,20-/m1/s1. The molecule has 3 nitrogen and oxygen atoms in total. The topological polar surface area (TPSA) is 28.5 Å². The molecule has 0 saturated carbocycles. The predicted molar refractivity (Wildman–Crippen MR) is 92.6 cm³/mol. The fraction of sp³-hybridized carbons (Fsp3) is 0.400. The zero-order valence-electron chi connectivity index (χ0n) is 13.7. The summed E-state index contributed by atoms with van der Waals surface area (Å²) in [6.45, 7) is 3.51. The van der Waals surface area contributed by atoms with Crippen LogP contribution in [0.1, 0.15) is 36.0 Å². The summed E-state index contributed by atoms with van der Waals surface area (Å²) in [6.07, 6.45) is 6.22.